The van der Waals surface area contributed by atoms with Crippen LogP contribution < -0.4 is 10.1 Å². The van der Waals surface area contributed by atoms with Gasteiger partial charge in [-0.1, -0.05) is 60.0 Å². The molecular weight excluding hydrogens is 453 g/mol. The molecule has 3 aromatic carbocycles. The molecule has 0 amide bonds. The Morgan fingerprint density at radius 2 is 1.94 bits per heavy atom. The van der Waals surface area contributed by atoms with Crippen molar-refractivity contribution < 1.29 is 4.74 Å². The number of methoxy groups -OCH3 is 1. The van der Waals surface area contributed by atoms with Crippen LogP contribution in [0.2, 0.25) is 10.0 Å². The topological polar surface area (TPSA) is 39.1 Å². The molecule has 0 radical (unpaired) electrons. The van der Waals surface area contributed by atoms with E-state index in [9.17, 15) is 0 Å². The van der Waals surface area contributed by atoms with Crippen LogP contribution in [0.5, 0.6) is 5.75 Å². The maximum absolute atomic E-state index is 6.66. The maximum atomic E-state index is 6.66. The predicted octanol–water partition coefficient (Wildman–Crippen LogP) is 7.44. The summed E-state index contributed by atoms with van der Waals surface area (Å²) in [5.74, 6) is 0.613. The molecule has 1 saturated heterocycles. The molecule has 0 unspecified atom stereocenters. The van der Waals surface area contributed by atoms with Gasteiger partial charge in [0.05, 0.1) is 35.5 Å². The van der Waals surface area contributed by atoms with Crippen LogP contribution in [0.1, 0.15) is 49.4 Å². The van der Waals surface area contributed by atoms with Crippen LogP contribution in [0, 0.1) is 0 Å². The molecule has 5 rings (SSSR count). The zero-order chi connectivity index (χ0) is 22.9. The number of piperidine rings is 1. The van der Waals surface area contributed by atoms with E-state index in [0.717, 1.165) is 23.1 Å². The minimum Gasteiger partial charge on any atom is -0.495 e. The van der Waals surface area contributed by atoms with Crippen LogP contribution in [0.25, 0.3) is 22.2 Å². The van der Waals surface area contributed by atoms with E-state index in [1.807, 2.05) is 12.4 Å². The fourth-order valence-corrected chi connectivity index (χ4v) is 5.68. The summed E-state index contributed by atoms with van der Waals surface area (Å²) in [6.45, 7) is 3.16. The molecule has 0 bridgehead atoms. The van der Waals surface area contributed by atoms with Crippen molar-refractivity contribution in [1.29, 1.82) is 0 Å². The fraction of sp³-hybridized carbons (Fsp3) is 0.296. The van der Waals surface area contributed by atoms with Gasteiger partial charge in [-0.05, 0) is 67.3 Å². The lowest BCUT2D eigenvalue weighted by Gasteiger charge is -2.26. The summed E-state index contributed by atoms with van der Waals surface area (Å²) in [7, 11) is 1.61. The molecule has 0 aliphatic carbocycles. The zero-order valence-corrected chi connectivity index (χ0v) is 20.3. The van der Waals surface area contributed by atoms with E-state index in [2.05, 4.69) is 64.3 Å². The number of hydrogen-bond acceptors (Lipinski definition) is 3. The number of rotatable bonds is 5. The van der Waals surface area contributed by atoms with Crippen LogP contribution >= 0.6 is 23.2 Å². The third kappa shape index (κ3) is 4.12. The van der Waals surface area contributed by atoms with Crippen LogP contribution in [0.3, 0.4) is 0 Å². The minimum atomic E-state index is -0.115. The molecule has 1 aromatic heterocycles. The third-order valence-corrected chi connectivity index (χ3v) is 7.40. The highest BCUT2D eigenvalue weighted by atomic mass is 35.5. The molecule has 170 valence electrons. The van der Waals surface area contributed by atoms with Crippen LogP contribution in [0.4, 0.5) is 0 Å². The number of benzene rings is 3. The molecule has 0 spiro atoms. The molecule has 6 heteroatoms. The largest absolute Gasteiger partial charge is 0.495 e. The number of imidazole rings is 1. The van der Waals surface area contributed by atoms with Gasteiger partial charge >= 0.3 is 0 Å². The van der Waals surface area contributed by atoms with Gasteiger partial charge < -0.3 is 14.6 Å². The van der Waals surface area contributed by atoms with Crippen LogP contribution in [-0.2, 0) is 0 Å². The smallest absolute Gasteiger partial charge is 0.137 e. The van der Waals surface area contributed by atoms with Crippen LogP contribution in [0.15, 0.2) is 60.9 Å². The Labute approximate surface area is 204 Å². The first kappa shape index (κ1) is 22.3. The van der Waals surface area contributed by atoms with Crippen molar-refractivity contribution in [3.8, 4) is 16.9 Å². The average Bonchev–Trinajstić information content (AvgIpc) is 3.28. The third-order valence-electron chi connectivity index (χ3n) is 6.68. The quantitative estimate of drug-likeness (QED) is 0.323. The second-order valence-corrected chi connectivity index (χ2v) is 9.38. The van der Waals surface area contributed by atoms with Crippen molar-refractivity contribution in [2.24, 2.45) is 0 Å². The first-order chi connectivity index (χ1) is 16.1. The highest BCUT2D eigenvalue weighted by Crippen LogP contribution is 2.40. The van der Waals surface area contributed by atoms with Crippen molar-refractivity contribution >= 4 is 34.2 Å². The average molecular weight is 480 g/mol. The molecule has 2 atom stereocenters. The Bertz CT molecular complexity index is 1290. The van der Waals surface area contributed by atoms with E-state index >= 15 is 0 Å². The number of nitrogens with zero attached hydrogens (tertiary/aromatic N) is 2. The monoisotopic (exact) mass is 479 g/mol. The SMILES string of the molecule is COc1ccc(Cl)c([C@@H](C)n2cnc3ccc(-c4ccccc4[C@@H]4CCCCN4)cc32)c1Cl. The van der Waals surface area contributed by atoms with E-state index in [4.69, 9.17) is 27.9 Å². The standard InChI is InChI=1S/C27H27Cl2N3O/c1-17(26-21(28)11-13-25(33-2)27(26)29)32-16-31-23-12-10-18(15-24(23)32)19-7-3-4-8-20(19)22-9-5-6-14-30-22/h3-4,7-8,10-13,15-17,22,30H,5-6,9,14H2,1-2H3/t17-,22+/m1/s1. The maximum Gasteiger partial charge on any atom is 0.137 e. The van der Waals surface area contributed by atoms with E-state index in [1.54, 1.807) is 13.2 Å². The first-order valence-corrected chi connectivity index (χ1v) is 12.1. The van der Waals surface area contributed by atoms with Crippen molar-refractivity contribution in [2.75, 3.05) is 13.7 Å². The lowest BCUT2D eigenvalue weighted by atomic mass is 9.90. The number of ether oxygens (including phenoxy) is 1. The van der Waals surface area contributed by atoms with E-state index in [-0.39, 0.29) is 6.04 Å². The molecule has 33 heavy (non-hydrogen) atoms. The highest BCUT2D eigenvalue weighted by molar-refractivity contribution is 6.37. The molecular formula is C27H27Cl2N3O. The van der Waals surface area contributed by atoms with Gasteiger partial charge in [0.1, 0.15) is 5.75 Å². The van der Waals surface area contributed by atoms with Crippen molar-refractivity contribution in [1.82, 2.24) is 14.9 Å². The van der Waals surface area contributed by atoms with Gasteiger partial charge in [-0.3, -0.25) is 0 Å². The second kappa shape index (κ2) is 9.38. The zero-order valence-electron chi connectivity index (χ0n) is 18.8. The Balaban J connectivity index is 1.59. The number of nitrogens with one attached hydrogen (secondary N) is 1. The summed E-state index contributed by atoms with van der Waals surface area (Å²) < 4.78 is 7.55. The van der Waals surface area contributed by atoms with Gasteiger partial charge in [0.15, 0.2) is 0 Å². The van der Waals surface area contributed by atoms with Gasteiger partial charge in [-0.25, -0.2) is 4.98 Å². The number of aromatic nitrogens is 2. The Kier molecular flexibility index (Phi) is 6.33. The molecule has 1 N–H and O–H groups in total. The molecule has 0 saturated carbocycles. The lowest BCUT2D eigenvalue weighted by molar-refractivity contribution is 0.413. The Morgan fingerprint density at radius 3 is 2.73 bits per heavy atom. The summed E-state index contributed by atoms with van der Waals surface area (Å²) >= 11 is 13.2. The number of halogens is 2. The highest BCUT2D eigenvalue weighted by Gasteiger charge is 2.22. The lowest BCUT2D eigenvalue weighted by Crippen LogP contribution is -2.27. The fourth-order valence-electron chi connectivity index (χ4n) is 4.91. The second-order valence-electron chi connectivity index (χ2n) is 8.60. The molecule has 1 aliphatic heterocycles. The van der Waals surface area contributed by atoms with Crippen molar-refractivity contribution in [3.63, 3.8) is 0 Å². The number of hydrogen-bond donors (Lipinski definition) is 1. The molecule has 4 aromatic rings. The molecule has 1 aliphatic rings. The van der Waals surface area contributed by atoms with Gasteiger partial charge in [-0.2, -0.15) is 0 Å². The number of fused-ring (bicyclic) bond motifs is 1. The van der Waals surface area contributed by atoms with E-state index < -0.39 is 0 Å². The van der Waals surface area contributed by atoms with E-state index in [0.29, 0.717) is 21.8 Å². The summed E-state index contributed by atoms with van der Waals surface area (Å²) in [5, 5.41) is 4.84. The van der Waals surface area contributed by atoms with Gasteiger partial charge in [0, 0.05) is 16.6 Å². The minimum absolute atomic E-state index is 0.115. The van der Waals surface area contributed by atoms with Gasteiger partial charge in [0.25, 0.3) is 0 Å². The Morgan fingerprint density at radius 1 is 1.09 bits per heavy atom. The summed E-state index contributed by atoms with van der Waals surface area (Å²) in [4.78, 5) is 4.65. The summed E-state index contributed by atoms with van der Waals surface area (Å²) in [6, 6.07) is 19.1. The molecule has 1 fully saturated rings. The first-order valence-electron chi connectivity index (χ1n) is 11.4. The molecule has 2 heterocycles. The van der Waals surface area contributed by atoms with Crippen molar-refractivity contribution in [3.05, 3.63) is 82.1 Å². The summed E-state index contributed by atoms with van der Waals surface area (Å²) in [5.41, 5.74) is 6.61. The van der Waals surface area contributed by atoms with E-state index in [1.165, 1.54) is 36.0 Å². The summed E-state index contributed by atoms with van der Waals surface area (Å²) in [6.07, 6.45) is 5.54. The predicted molar refractivity (Wildman–Crippen MR) is 137 cm³/mol. The van der Waals surface area contributed by atoms with Crippen LogP contribution in [-0.4, -0.2) is 23.2 Å². The normalized spacial score (nSPS) is 17.3. The van der Waals surface area contributed by atoms with Gasteiger partial charge in [0.2, 0.25) is 0 Å². The van der Waals surface area contributed by atoms with Crippen molar-refractivity contribution in [2.45, 2.75) is 38.3 Å². The molecule has 4 nitrogen and oxygen atoms in total. The van der Waals surface area contributed by atoms with Gasteiger partial charge in [-0.15, -0.1) is 0 Å². The Hall–Kier alpha value is -2.53.